The third-order valence-corrected chi connectivity index (χ3v) is 2.75. The molecule has 1 aromatic rings. The van der Waals surface area contributed by atoms with Crippen molar-refractivity contribution in [3.8, 4) is 0 Å². The lowest BCUT2D eigenvalue weighted by atomic mass is 10.1. The van der Waals surface area contributed by atoms with Crippen LogP contribution in [0.15, 0.2) is 18.2 Å². The number of carbonyl (C=O) groups excluding carboxylic acids is 1. The van der Waals surface area contributed by atoms with Gasteiger partial charge in [0.05, 0.1) is 16.1 Å². The number of carbonyl (C=O) groups is 1. The number of alkyl halides is 3. The number of nitrogens with two attached hydrogens (primary N) is 1. The summed E-state index contributed by atoms with van der Waals surface area (Å²) < 4.78 is 43.2. The van der Waals surface area contributed by atoms with E-state index < -0.39 is 46.5 Å². The lowest BCUT2D eigenvalue weighted by Crippen LogP contribution is -2.31. The van der Waals surface area contributed by atoms with Gasteiger partial charge in [0.15, 0.2) is 0 Å². The number of hydrogen-bond acceptors (Lipinski definition) is 5. The van der Waals surface area contributed by atoms with Crippen LogP contribution in [0.25, 0.3) is 0 Å². The van der Waals surface area contributed by atoms with Crippen LogP contribution in [0.2, 0.25) is 0 Å². The zero-order valence-electron chi connectivity index (χ0n) is 11.0. The van der Waals surface area contributed by atoms with Gasteiger partial charge in [0.1, 0.15) is 12.6 Å². The van der Waals surface area contributed by atoms with Crippen molar-refractivity contribution in [3.63, 3.8) is 0 Å². The van der Waals surface area contributed by atoms with Gasteiger partial charge in [0.25, 0.3) is 5.69 Å². The molecule has 0 heterocycles. The minimum Gasteiger partial charge on any atom is -0.459 e. The molecular weight excluding hydrogens is 293 g/mol. The molecule has 6 nitrogen and oxygen atoms in total. The van der Waals surface area contributed by atoms with Gasteiger partial charge < -0.3 is 10.5 Å². The Morgan fingerprint density at radius 1 is 1.48 bits per heavy atom. The summed E-state index contributed by atoms with van der Waals surface area (Å²) in [7, 11) is 0. The van der Waals surface area contributed by atoms with Gasteiger partial charge in [0.2, 0.25) is 0 Å². The molecule has 1 atom stereocenters. The van der Waals surface area contributed by atoms with E-state index in [1.807, 2.05) is 0 Å². The molecule has 0 spiro atoms. The average Bonchev–Trinajstić information content (AvgIpc) is 2.42. The fourth-order valence-electron chi connectivity index (χ4n) is 1.58. The number of ether oxygens (including phenoxy) is 1. The van der Waals surface area contributed by atoms with Crippen molar-refractivity contribution >= 4 is 11.7 Å². The molecule has 0 aliphatic heterocycles. The quantitative estimate of drug-likeness (QED) is 0.512. The maximum absolute atomic E-state index is 12.9. The van der Waals surface area contributed by atoms with Crippen molar-refractivity contribution in [2.45, 2.75) is 32.2 Å². The molecular formula is C12H13F3N2O4. The van der Waals surface area contributed by atoms with Crippen LogP contribution in [-0.4, -0.2) is 16.9 Å². The summed E-state index contributed by atoms with van der Waals surface area (Å²) in [4.78, 5) is 21.2. The van der Waals surface area contributed by atoms with Gasteiger partial charge in [-0.25, -0.2) is 0 Å². The van der Waals surface area contributed by atoms with Crippen molar-refractivity contribution in [1.29, 1.82) is 0 Å². The van der Waals surface area contributed by atoms with E-state index in [-0.39, 0.29) is 6.42 Å². The first kappa shape index (κ1) is 16.9. The summed E-state index contributed by atoms with van der Waals surface area (Å²) in [5.41, 5.74) is 2.69. The maximum Gasteiger partial charge on any atom is 0.417 e. The SMILES string of the molecule is CCC(N)C(=O)OCc1c([N+](=O)[O-])cccc1C(F)(F)F. The van der Waals surface area contributed by atoms with Crippen molar-refractivity contribution in [2.24, 2.45) is 5.73 Å². The molecule has 1 rings (SSSR count). The van der Waals surface area contributed by atoms with Crippen LogP contribution in [0.5, 0.6) is 0 Å². The van der Waals surface area contributed by atoms with Crippen LogP contribution < -0.4 is 5.73 Å². The van der Waals surface area contributed by atoms with E-state index in [9.17, 15) is 28.1 Å². The molecule has 0 saturated carbocycles. The predicted molar refractivity (Wildman–Crippen MR) is 66.2 cm³/mol. The molecule has 2 N–H and O–H groups in total. The van der Waals surface area contributed by atoms with E-state index in [0.29, 0.717) is 6.07 Å². The van der Waals surface area contributed by atoms with Gasteiger partial charge in [-0.3, -0.25) is 14.9 Å². The number of nitrogens with zero attached hydrogens (tertiary/aromatic N) is 1. The van der Waals surface area contributed by atoms with Gasteiger partial charge in [0, 0.05) is 6.07 Å². The molecule has 1 aromatic carbocycles. The fourth-order valence-corrected chi connectivity index (χ4v) is 1.58. The first-order chi connectivity index (χ1) is 9.68. The van der Waals surface area contributed by atoms with Crippen molar-refractivity contribution < 1.29 is 27.6 Å². The Hall–Kier alpha value is -2.16. The first-order valence-corrected chi connectivity index (χ1v) is 5.94. The minimum absolute atomic E-state index is 0.238. The summed E-state index contributed by atoms with van der Waals surface area (Å²) in [6.07, 6.45) is -4.55. The van der Waals surface area contributed by atoms with E-state index >= 15 is 0 Å². The molecule has 0 bridgehead atoms. The number of rotatable bonds is 5. The zero-order chi connectivity index (χ0) is 16.2. The molecule has 0 fully saturated rings. The van der Waals surface area contributed by atoms with Crippen molar-refractivity contribution in [1.82, 2.24) is 0 Å². The number of nitro benzene ring substituents is 1. The number of halogens is 3. The standard InChI is InChI=1S/C12H13F3N2O4/c1-2-9(16)11(18)21-6-7-8(12(13,14)15)4-3-5-10(7)17(19)20/h3-5,9H,2,6,16H2,1H3. The van der Waals surface area contributed by atoms with Crippen LogP contribution in [0.1, 0.15) is 24.5 Å². The summed E-state index contributed by atoms with van der Waals surface area (Å²) in [6.45, 7) is 0.733. The second-order valence-electron chi connectivity index (χ2n) is 4.18. The van der Waals surface area contributed by atoms with Gasteiger partial charge in [-0.1, -0.05) is 13.0 Å². The lowest BCUT2D eigenvalue weighted by Gasteiger charge is -2.14. The summed E-state index contributed by atoms with van der Waals surface area (Å²) in [5, 5.41) is 10.8. The normalized spacial score (nSPS) is 12.8. The average molecular weight is 306 g/mol. The number of esters is 1. The highest BCUT2D eigenvalue weighted by Crippen LogP contribution is 2.36. The Balaban J connectivity index is 3.13. The third-order valence-electron chi connectivity index (χ3n) is 2.75. The molecule has 21 heavy (non-hydrogen) atoms. The highest BCUT2D eigenvalue weighted by atomic mass is 19.4. The van der Waals surface area contributed by atoms with Crippen molar-refractivity contribution in [2.75, 3.05) is 0 Å². The summed E-state index contributed by atoms with van der Waals surface area (Å²) in [5.74, 6) is -0.913. The molecule has 1 unspecified atom stereocenters. The second-order valence-corrected chi connectivity index (χ2v) is 4.18. The Morgan fingerprint density at radius 2 is 2.10 bits per heavy atom. The van der Waals surface area contributed by atoms with E-state index in [2.05, 4.69) is 4.74 Å². The molecule has 9 heteroatoms. The first-order valence-electron chi connectivity index (χ1n) is 5.94. The van der Waals surface area contributed by atoms with E-state index in [4.69, 9.17) is 5.73 Å². The van der Waals surface area contributed by atoms with Crippen molar-refractivity contribution in [3.05, 3.63) is 39.4 Å². The summed E-state index contributed by atoms with van der Waals surface area (Å²) >= 11 is 0. The Bertz CT molecular complexity index is 546. The lowest BCUT2D eigenvalue weighted by molar-refractivity contribution is -0.386. The smallest absolute Gasteiger partial charge is 0.417 e. The largest absolute Gasteiger partial charge is 0.459 e. The molecule has 0 aromatic heterocycles. The number of hydrogen-bond donors (Lipinski definition) is 1. The molecule has 0 aliphatic rings. The number of nitro groups is 1. The fraction of sp³-hybridized carbons (Fsp3) is 0.417. The zero-order valence-corrected chi connectivity index (χ0v) is 11.0. The van der Waals surface area contributed by atoms with E-state index in [0.717, 1.165) is 12.1 Å². The topological polar surface area (TPSA) is 95.5 Å². The second kappa shape index (κ2) is 6.53. The monoisotopic (exact) mass is 306 g/mol. The molecule has 0 radical (unpaired) electrons. The molecule has 116 valence electrons. The highest BCUT2D eigenvalue weighted by Gasteiger charge is 2.37. The van der Waals surface area contributed by atoms with Gasteiger partial charge in [-0.05, 0) is 12.5 Å². The summed E-state index contributed by atoms with van der Waals surface area (Å²) in [6, 6.07) is 1.54. The van der Waals surface area contributed by atoms with Crippen LogP contribution in [0.4, 0.5) is 18.9 Å². The molecule has 0 saturated heterocycles. The van der Waals surface area contributed by atoms with Crippen LogP contribution in [-0.2, 0) is 22.3 Å². The van der Waals surface area contributed by atoms with Gasteiger partial charge >= 0.3 is 12.1 Å². The van der Waals surface area contributed by atoms with Crippen LogP contribution in [0.3, 0.4) is 0 Å². The van der Waals surface area contributed by atoms with E-state index in [1.165, 1.54) is 0 Å². The Labute approximate surface area is 117 Å². The highest BCUT2D eigenvalue weighted by molar-refractivity contribution is 5.75. The minimum atomic E-state index is -4.79. The molecule has 0 amide bonds. The van der Waals surface area contributed by atoms with Gasteiger partial charge in [-0.15, -0.1) is 0 Å². The number of benzene rings is 1. The van der Waals surface area contributed by atoms with Gasteiger partial charge in [-0.2, -0.15) is 13.2 Å². The molecule has 0 aliphatic carbocycles. The third kappa shape index (κ3) is 4.15. The maximum atomic E-state index is 12.9. The Kier molecular flexibility index (Phi) is 5.25. The van der Waals surface area contributed by atoms with Crippen LogP contribution in [0, 0.1) is 10.1 Å². The Morgan fingerprint density at radius 3 is 2.57 bits per heavy atom. The van der Waals surface area contributed by atoms with E-state index in [1.54, 1.807) is 6.92 Å². The predicted octanol–water partition coefficient (Wildman–Crippen LogP) is 2.39. The van der Waals surface area contributed by atoms with Crippen LogP contribution >= 0.6 is 0 Å².